The van der Waals surface area contributed by atoms with Gasteiger partial charge < -0.3 is 10.4 Å². The summed E-state index contributed by atoms with van der Waals surface area (Å²) in [4.78, 5) is 28.6. The zero-order valence-electron chi connectivity index (χ0n) is 14.8. The summed E-state index contributed by atoms with van der Waals surface area (Å²) in [7, 11) is 0. The first-order valence-corrected chi connectivity index (χ1v) is 8.72. The molecule has 0 aliphatic carbocycles. The van der Waals surface area contributed by atoms with E-state index in [1.807, 2.05) is 54.6 Å². The molecule has 0 fully saturated rings. The molecule has 0 aliphatic heterocycles. The fraction of sp³-hybridized carbons (Fsp3) is 0. The number of benzene rings is 3. The zero-order valence-corrected chi connectivity index (χ0v) is 14.8. The monoisotopic (exact) mass is 368 g/mol. The van der Waals surface area contributed by atoms with Gasteiger partial charge >= 0.3 is 5.97 Å². The highest BCUT2D eigenvalue weighted by molar-refractivity contribution is 6.13. The number of anilines is 1. The van der Waals surface area contributed by atoms with E-state index in [1.165, 1.54) is 12.1 Å². The third-order valence-corrected chi connectivity index (χ3v) is 4.42. The topological polar surface area (TPSA) is 79.3 Å². The van der Waals surface area contributed by atoms with Crippen molar-refractivity contribution in [2.45, 2.75) is 0 Å². The average Bonchev–Trinajstić information content (AvgIpc) is 2.74. The summed E-state index contributed by atoms with van der Waals surface area (Å²) in [6.07, 6.45) is 0. The molecule has 4 rings (SSSR count). The molecule has 0 aliphatic rings. The van der Waals surface area contributed by atoms with Crippen LogP contribution in [0, 0.1) is 0 Å². The molecule has 1 aromatic heterocycles. The number of carbonyl (C=O) groups excluding carboxylic acids is 1. The number of hydrogen-bond donors (Lipinski definition) is 2. The summed E-state index contributed by atoms with van der Waals surface area (Å²) in [6.45, 7) is 0. The van der Waals surface area contributed by atoms with Crippen molar-refractivity contribution in [3.8, 4) is 11.3 Å². The van der Waals surface area contributed by atoms with E-state index in [9.17, 15) is 9.59 Å². The second-order valence-electron chi connectivity index (χ2n) is 6.27. The number of nitrogens with zero attached hydrogens (tertiary/aromatic N) is 1. The van der Waals surface area contributed by atoms with Crippen molar-refractivity contribution >= 4 is 28.5 Å². The Kier molecular flexibility index (Phi) is 4.56. The van der Waals surface area contributed by atoms with E-state index >= 15 is 0 Å². The molecule has 0 atom stereocenters. The maximum atomic E-state index is 13.0. The number of carboxylic acid groups (broad SMARTS) is 1. The number of carboxylic acids is 1. The summed E-state index contributed by atoms with van der Waals surface area (Å²) in [6, 6.07) is 25.0. The fourth-order valence-corrected chi connectivity index (χ4v) is 3.01. The second kappa shape index (κ2) is 7.32. The highest BCUT2D eigenvalue weighted by Crippen LogP contribution is 2.25. The van der Waals surface area contributed by atoms with Crippen LogP contribution >= 0.6 is 0 Å². The Bertz CT molecular complexity index is 1170. The van der Waals surface area contributed by atoms with E-state index in [0.29, 0.717) is 16.9 Å². The van der Waals surface area contributed by atoms with Gasteiger partial charge in [-0.2, -0.15) is 0 Å². The summed E-state index contributed by atoms with van der Waals surface area (Å²) < 4.78 is 0. The molecule has 0 spiro atoms. The number of amides is 1. The first-order valence-electron chi connectivity index (χ1n) is 8.72. The van der Waals surface area contributed by atoms with E-state index < -0.39 is 5.97 Å². The van der Waals surface area contributed by atoms with Gasteiger partial charge in [0.15, 0.2) is 0 Å². The summed E-state index contributed by atoms with van der Waals surface area (Å²) in [5, 5.41) is 12.6. The predicted octanol–water partition coefficient (Wildman–Crippen LogP) is 4.85. The van der Waals surface area contributed by atoms with Gasteiger partial charge in [-0.25, -0.2) is 9.78 Å². The number of pyridine rings is 1. The number of rotatable bonds is 4. The Morgan fingerprint density at radius 1 is 0.821 bits per heavy atom. The third kappa shape index (κ3) is 3.46. The van der Waals surface area contributed by atoms with Crippen molar-refractivity contribution in [1.82, 2.24) is 4.98 Å². The van der Waals surface area contributed by atoms with Gasteiger partial charge in [0.05, 0.1) is 22.3 Å². The van der Waals surface area contributed by atoms with Crippen LogP contribution in [0.15, 0.2) is 84.9 Å². The van der Waals surface area contributed by atoms with Gasteiger partial charge in [0, 0.05) is 16.6 Å². The molecule has 3 aromatic carbocycles. The Morgan fingerprint density at radius 3 is 2.21 bits per heavy atom. The summed E-state index contributed by atoms with van der Waals surface area (Å²) in [5.74, 6) is -1.29. The standard InChI is InChI=1S/C23H16N2O3/c26-22(24-17-12-10-16(11-13-17)23(27)28)19-14-21(15-6-2-1-3-7-15)25-20-9-5-4-8-18(19)20/h1-14H,(H,24,26)(H,27,28). The molecular weight excluding hydrogens is 352 g/mol. The first-order chi connectivity index (χ1) is 13.6. The minimum absolute atomic E-state index is 0.165. The molecule has 0 saturated heterocycles. The molecular formula is C23H16N2O3. The van der Waals surface area contributed by atoms with Crippen LogP contribution in [-0.2, 0) is 0 Å². The van der Waals surface area contributed by atoms with Crippen LogP contribution in [0.4, 0.5) is 5.69 Å². The van der Waals surface area contributed by atoms with E-state index in [2.05, 4.69) is 10.3 Å². The molecule has 0 saturated carbocycles. The highest BCUT2D eigenvalue weighted by Gasteiger charge is 2.14. The smallest absolute Gasteiger partial charge is 0.335 e. The maximum Gasteiger partial charge on any atom is 0.335 e. The molecule has 28 heavy (non-hydrogen) atoms. The quantitative estimate of drug-likeness (QED) is 0.539. The SMILES string of the molecule is O=C(O)c1ccc(NC(=O)c2cc(-c3ccccc3)nc3ccccc23)cc1. The molecule has 136 valence electrons. The highest BCUT2D eigenvalue weighted by atomic mass is 16.4. The van der Waals surface area contributed by atoms with Crippen molar-refractivity contribution in [3.05, 3.63) is 96.1 Å². The van der Waals surface area contributed by atoms with Gasteiger partial charge in [-0.3, -0.25) is 4.79 Å². The van der Waals surface area contributed by atoms with Crippen molar-refractivity contribution in [2.75, 3.05) is 5.32 Å². The average molecular weight is 368 g/mol. The molecule has 0 unspecified atom stereocenters. The Labute approximate surface area is 161 Å². The lowest BCUT2D eigenvalue weighted by atomic mass is 10.0. The largest absolute Gasteiger partial charge is 0.478 e. The lowest BCUT2D eigenvalue weighted by molar-refractivity contribution is 0.0696. The van der Waals surface area contributed by atoms with Gasteiger partial charge in [-0.1, -0.05) is 48.5 Å². The number of aromatic carboxylic acids is 1. The van der Waals surface area contributed by atoms with Crippen LogP contribution in [0.25, 0.3) is 22.2 Å². The number of fused-ring (bicyclic) bond motifs is 1. The van der Waals surface area contributed by atoms with Crippen LogP contribution < -0.4 is 5.32 Å². The van der Waals surface area contributed by atoms with Gasteiger partial charge in [-0.15, -0.1) is 0 Å². The van der Waals surface area contributed by atoms with E-state index in [-0.39, 0.29) is 11.5 Å². The van der Waals surface area contributed by atoms with Crippen LogP contribution in [0.1, 0.15) is 20.7 Å². The maximum absolute atomic E-state index is 13.0. The Morgan fingerprint density at radius 2 is 1.50 bits per heavy atom. The second-order valence-corrected chi connectivity index (χ2v) is 6.27. The molecule has 1 amide bonds. The van der Waals surface area contributed by atoms with E-state index in [1.54, 1.807) is 18.2 Å². The molecule has 4 aromatic rings. The Hall–Kier alpha value is -3.99. The lowest BCUT2D eigenvalue weighted by Crippen LogP contribution is -2.13. The van der Waals surface area contributed by atoms with Crippen LogP contribution in [-0.4, -0.2) is 22.0 Å². The third-order valence-electron chi connectivity index (χ3n) is 4.42. The minimum atomic E-state index is -1.01. The summed E-state index contributed by atoms with van der Waals surface area (Å²) in [5.41, 5.74) is 3.57. The normalized spacial score (nSPS) is 10.6. The number of nitrogens with one attached hydrogen (secondary N) is 1. The van der Waals surface area contributed by atoms with Gasteiger partial charge in [0.1, 0.15) is 0 Å². The van der Waals surface area contributed by atoms with Crippen molar-refractivity contribution < 1.29 is 14.7 Å². The first kappa shape index (κ1) is 17.4. The van der Waals surface area contributed by atoms with Gasteiger partial charge in [-0.05, 0) is 36.4 Å². The van der Waals surface area contributed by atoms with E-state index in [0.717, 1.165) is 16.5 Å². The van der Waals surface area contributed by atoms with Crippen molar-refractivity contribution in [3.63, 3.8) is 0 Å². The molecule has 0 bridgehead atoms. The lowest BCUT2D eigenvalue weighted by Gasteiger charge is -2.11. The van der Waals surface area contributed by atoms with Gasteiger partial charge in [0.25, 0.3) is 5.91 Å². The van der Waals surface area contributed by atoms with Crippen molar-refractivity contribution in [2.24, 2.45) is 0 Å². The van der Waals surface area contributed by atoms with E-state index in [4.69, 9.17) is 5.11 Å². The molecule has 5 heteroatoms. The number of para-hydroxylation sites is 1. The van der Waals surface area contributed by atoms with Gasteiger partial charge in [0.2, 0.25) is 0 Å². The molecule has 1 heterocycles. The molecule has 5 nitrogen and oxygen atoms in total. The number of carbonyl (C=O) groups is 2. The van der Waals surface area contributed by atoms with Crippen molar-refractivity contribution in [1.29, 1.82) is 0 Å². The molecule has 2 N–H and O–H groups in total. The Balaban J connectivity index is 1.74. The van der Waals surface area contributed by atoms with Crippen LogP contribution in [0.2, 0.25) is 0 Å². The zero-order chi connectivity index (χ0) is 19.5. The minimum Gasteiger partial charge on any atom is -0.478 e. The summed E-state index contributed by atoms with van der Waals surface area (Å²) >= 11 is 0. The molecule has 0 radical (unpaired) electrons. The van der Waals surface area contributed by atoms with Crippen LogP contribution in [0.5, 0.6) is 0 Å². The fourth-order valence-electron chi connectivity index (χ4n) is 3.01. The predicted molar refractivity (Wildman–Crippen MR) is 109 cm³/mol. The number of hydrogen-bond acceptors (Lipinski definition) is 3. The number of aromatic nitrogens is 1. The van der Waals surface area contributed by atoms with Crippen LogP contribution in [0.3, 0.4) is 0 Å².